The van der Waals surface area contributed by atoms with E-state index in [0.717, 1.165) is 13.1 Å². The topological polar surface area (TPSA) is 25.2 Å². The molecule has 1 amide bonds. The van der Waals surface area contributed by atoms with E-state index in [-0.39, 0.29) is 11.9 Å². The third-order valence-corrected chi connectivity index (χ3v) is 3.29. The summed E-state index contributed by atoms with van der Waals surface area (Å²) in [5, 5.41) is 0. The van der Waals surface area contributed by atoms with E-state index in [1.807, 2.05) is 11.8 Å². The van der Waals surface area contributed by atoms with Crippen LogP contribution in [-0.4, -0.2) is 21.9 Å². The van der Waals surface area contributed by atoms with Crippen molar-refractivity contribution in [3.63, 3.8) is 0 Å². The molecule has 0 fully saturated rings. The van der Waals surface area contributed by atoms with Crippen molar-refractivity contribution in [2.24, 2.45) is 0 Å². The lowest BCUT2D eigenvalue weighted by atomic mass is 10.1. The zero-order valence-corrected chi connectivity index (χ0v) is 10.1. The van der Waals surface area contributed by atoms with Crippen LogP contribution in [0, 0.1) is 6.92 Å². The smallest absolute Gasteiger partial charge is 0.246 e. The van der Waals surface area contributed by atoms with E-state index >= 15 is 0 Å². The van der Waals surface area contributed by atoms with Crippen molar-refractivity contribution in [1.29, 1.82) is 0 Å². The first-order valence-electron chi connectivity index (χ1n) is 5.74. The standard InChI is InChI=1S/C13H18N2O/c1-4-5-13(16)15-9-8-14-10(2)6-7-12(14)11(15)3/h4-7,11H,8-9H2,1-3H3. The summed E-state index contributed by atoms with van der Waals surface area (Å²) >= 11 is 0. The van der Waals surface area contributed by atoms with Crippen LogP contribution in [0.1, 0.15) is 31.3 Å². The van der Waals surface area contributed by atoms with Gasteiger partial charge in [0, 0.05) is 24.5 Å². The molecule has 1 aliphatic rings. The molecule has 1 aromatic heterocycles. The molecule has 1 aliphatic heterocycles. The Morgan fingerprint density at radius 2 is 2.19 bits per heavy atom. The van der Waals surface area contributed by atoms with Crippen molar-refractivity contribution in [1.82, 2.24) is 9.47 Å². The largest absolute Gasteiger partial charge is 0.345 e. The molecule has 0 spiro atoms. The number of carbonyl (C=O) groups is 1. The van der Waals surface area contributed by atoms with Crippen LogP contribution < -0.4 is 0 Å². The summed E-state index contributed by atoms with van der Waals surface area (Å²) in [5.41, 5.74) is 2.52. The summed E-state index contributed by atoms with van der Waals surface area (Å²) in [5.74, 6) is 0.111. The van der Waals surface area contributed by atoms with Crippen molar-refractivity contribution >= 4 is 5.91 Å². The van der Waals surface area contributed by atoms with Gasteiger partial charge in [0.25, 0.3) is 0 Å². The van der Waals surface area contributed by atoms with Crippen LogP contribution in [0.25, 0.3) is 0 Å². The van der Waals surface area contributed by atoms with Gasteiger partial charge in [-0.3, -0.25) is 4.79 Å². The van der Waals surface area contributed by atoms with Gasteiger partial charge >= 0.3 is 0 Å². The molecule has 1 atom stereocenters. The number of nitrogens with zero attached hydrogens (tertiary/aromatic N) is 2. The molecule has 0 N–H and O–H groups in total. The first kappa shape index (κ1) is 11.0. The molecule has 2 heterocycles. The average Bonchev–Trinajstić information content (AvgIpc) is 2.62. The molecule has 2 rings (SSSR count). The molecular formula is C13H18N2O. The minimum Gasteiger partial charge on any atom is -0.345 e. The summed E-state index contributed by atoms with van der Waals surface area (Å²) in [6.07, 6.45) is 3.44. The van der Waals surface area contributed by atoms with Gasteiger partial charge in [-0.1, -0.05) is 6.08 Å². The van der Waals surface area contributed by atoms with Gasteiger partial charge in [0.1, 0.15) is 0 Å². The summed E-state index contributed by atoms with van der Waals surface area (Å²) in [6.45, 7) is 7.78. The number of allylic oxidation sites excluding steroid dienone is 1. The highest BCUT2D eigenvalue weighted by molar-refractivity contribution is 5.87. The van der Waals surface area contributed by atoms with Crippen molar-refractivity contribution in [3.8, 4) is 0 Å². The molecule has 0 radical (unpaired) electrons. The van der Waals surface area contributed by atoms with E-state index in [1.54, 1.807) is 12.2 Å². The molecule has 0 aliphatic carbocycles. The Hall–Kier alpha value is -1.51. The number of rotatable bonds is 1. The second-order valence-electron chi connectivity index (χ2n) is 4.26. The Morgan fingerprint density at radius 3 is 2.88 bits per heavy atom. The zero-order valence-electron chi connectivity index (χ0n) is 10.1. The number of amides is 1. The monoisotopic (exact) mass is 218 g/mol. The Morgan fingerprint density at radius 1 is 1.44 bits per heavy atom. The maximum absolute atomic E-state index is 11.9. The van der Waals surface area contributed by atoms with Crippen molar-refractivity contribution in [2.45, 2.75) is 33.4 Å². The molecule has 0 bridgehead atoms. The Kier molecular flexibility index (Phi) is 2.86. The molecule has 16 heavy (non-hydrogen) atoms. The molecule has 3 nitrogen and oxygen atoms in total. The first-order valence-corrected chi connectivity index (χ1v) is 5.74. The average molecular weight is 218 g/mol. The van der Waals surface area contributed by atoms with Crippen LogP contribution in [-0.2, 0) is 11.3 Å². The number of carbonyl (C=O) groups excluding carboxylic acids is 1. The number of aryl methyl sites for hydroxylation is 1. The van der Waals surface area contributed by atoms with E-state index in [0.29, 0.717) is 0 Å². The maximum atomic E-state index is 11.9. The van der Waals surface area contributed by atoms with Gasteiger partial charge in [0.2, 0.25) is 5.91 Å². The minimum atomic E-state index is 0.111. The van der Waals surface area contributed by atoms with Gasteiger partial charge in [-0.25, -0.2) is 0 Å². The van der Waals surface area contributed by atoms with Crippen LogP contribution in [0.4, 0.5) is 0 Å². The molecule has 0 aromatic carbocycles. The highest BCUT2D eigenvalue weighted by Crippen LogP contribution is 2.27. The molecular weight excluding hydrogens is 200 g/mol. The Bertz CT molecular complexity index is 431. The van der Waals surface area contributed by atoms with Crippen LogP contribution in [0.2, 0.25) is 0 Å². The van der Waals surface area contributed by atoms with E-state index in [4.69, 9.17) is 0 Å². The van der Waals surface area contributed by atoms with Gasteiger partial charge in [-0.2, -0.15) is 0 Å². The van der Waals surface area contributed by atoms with E-state index in [9.17, 15) is 4.79 Å². The van der Waals surface area contributed by atoms with E-state index in [1.165, 1.54) is 11.4 Å². The van der Waals surface area contributed by atoms with Gasteiger partial charge in [0.15, 0.2) is 0 Å². The van der Waals surface area contributed by atoms with Crippen molar-refractivity contribution < 1.29 is 4.79 Å². The van der Waals surface area contributed by atoms with Crippen LogP contribution in [0.15, 0.2) is 24.3 Å². The molecule has 0 saturated heterocycles. The quantitative estimate of drug-likeness (QED) is 0.664. The summed E-state index contributed by atoms with van der Waals surface area (Å²) in [7, 11) is 0. The fraction of sp³-hybridized carbons (Fsp3) is 0.462. The van der Waals surface area contributed by atoms with Crippen molar-refractivity contribution in [3.05, 3.63) is 35.7 Å². The van der Waals surface area contributed by atoms with Crippen LogP contribution >= 0.6 is 0 Å². The minimum absolute atomic E-state index is 0.111. The summed E-state index contributed by atoms with van der Waals surface area (Å²) in [6, 6.07) is 4.41. The molecule has 0 saturated carbocycles. The fourth-order valence-electron chi connectivity index (χ4n) is 2.36. The molecule has 1 aromatic rings. The fourth-order valence-corrected chi connectivity index (χ4v) is 2.36. The lowest BCUT2D eigenvalue weighted by Crippen LogP contribution is -2.40. The third kappa shape index (κ3) is 1.66. The van der Waals surface area contributed by atoms with Crippen LogP contribution in [0.5, 0.6) is 0 Å². The number of hydrogen-bond donors (Lipinski definition) is 0. The van der Waals surface area contributed by atoms with E-state index < -0.39 is 0 Å². The van der Waals surface area contributed by atoms with Gasteiger partial charge in [0.05, 0.1) is 6.04 Å². The lowest BCUT2D eigenvalue weighted by Gasteiger charge is -2.34. The lowest BCUT2D eigenvalue weighted by molar-refractivity contribution is -0.129. The van der Waals surface area contributed by atoms with Gasteiger partial charge < -0.3 is 9.47 Å². The second-order valence-corrected chi connectivity index (χ2v) is 4.26. The highest BCUT2D eigenvalue weighted by atomic mass is 16.2. The predicted octanol–water partition coefficient (Wildman–Crippen LogP) is 2.28. The van der Waals surface area contributed by atoms with Crippen LogP contribution in [0.3, 0.4) is 0 Å². The Balaban J connectivity index is 2.27. The zero-order chi connectivity index (χ0) is 11.7. The molecule has 86 valence electrons. The van der Waals surface area contributed by atoms with Gasteiger partial charge in [-0.05, 0) is 39.0 Å². The number of aromatic nitrogens is 1. The highest BCUT2D eigenvalue weighted by Gasteiger charge is 2.26. The molecule has 3 heteroatoms. The first-order chi connectivity index (χ1) is 7.65. The maximum Gasteiger partial charge on any atom is 0.246 e. The van der Waals surface area contributed by atoms with Gasteiger partial charge in [-0.15, -0.1) is 0 Å². The third-order valence-electron chi connectivity index (χ3n) is 3.29. The Labute approximate surface area is 96.4 Å². The SMILES string of the molecule is CC=CC(=O)N1CCn2c(C)ccc2C1C. The normalized spacial score (nSPS) is 20.2. The number of fused-ring (bicyclic) bond motifs is 1. The van der Waals surface area contributed by atoms with E-state index in [2.05, 4.69) is 30.5 Å². The predicted molar refractivity (Wildman–Crippen MR) is 64.1 cm³/mol. The second kappa shape index (κ2) is 4.16. The summed E-state index contributed by atoms with van der Waals surface area (Å²) in [4.78, 5) is 13.8. The van der Waals surface area contributed by atoms with Crippen molar-refractivity contribution in [2.75, 3.05) is 6.54 Å². The molecule has 1 unspecified atom stereocenters. The number of hydrogen-bond acceptors (Lipinski definition) is 1. The summed E-state index contributed by atoms with van der Waals surface area (Å²) < 4.78 is 2.30.